The summed E-state index contributed by atoms with van der Waals surface area (Å²) in [5.74, 6) is -0.171. The summed E-state index contributed by atoms with van der Waals surface area (Å²) < 4.78 is 19.5. The summed E-state index contributed by atoms with van der Waals surface area (Å²) in [6.07, 6.45) is 4.46. The lowest BCUT2D eigenvalue weighted by Crippen LogP contribution is -2.46. The van der Waals surface area contributed by atoms with Gasteiger partial charge >= 0.3 is 0 Å². The van der Waals surface area contributed by atoms with E-state index in [4.69, 9.17) is 4.74 Å². The maximum absolute atomic E-state index is 13.3. The van der Waals surface area contributed by atoms with Crippen LogP contribution in [0.2, 0.25) is 0 Å². The topological polar surface area (TPSA) is 21.3 Å². The molecular formula is C17H26FNO. The van der Waals surface area contributed by atoms with E-state index in [9.17, 15) is 4.39 Å². The van der Waals surface area contributed by atoms with Gasteiger partial charge in [-0.15, -0.1) is 0 Å². The Morgan fingerprint density at radius 3 is 2.80 bits per heavy atom. The standard InChI is InChI=1S/C17H26FNO/c1-4-10-19-16(17(3)9-5-6-11-20-17)15-8-7-14(18)12-13(15)2/h7-8,12,16,19H,4-6,9-11H2,1-3H3. The van der Waals surface area contributed by atoms with Crippen LogP contribution in [-0.4, -0.2) is 18.8 Å². The van der Waals surface area contributed by atoms with Gasteiger partial charge in [-0.25, -0.2) is 4.39 Å². The summed E-state index contributed by atoms with van der Waals surface area (Å²) in [5, 5.41) is 3.61. The first-order chi connectivity index (χ1) is 9.57. The summed E-state index contributed by atoms with van der Waals surface area (Å²) in [6, 6.07) is 5.20. The van der Waals surface area contributed by atoms with Crippen molar-refractivity contribution in [3.8, 4) is 0 Å². The summed E-state index contributed by atoms with van der Waals surface area (Å²) in [7, 11) is 0. The molecule has 3 heteroatoms. The third kappa shape index (κ3) is 3.39. The largest absolute Gasteiger partial charge is 0.373 e. The van der Waals surface area contributed by atoms with Crippen molar-refractivity contribution in [3.63, 3.8) is 0 Å². The number of halogens is 1. The summed E-state index contributed by atoms with van der Waals surface area (Å²) in [4.78, 5) is 0. The van der Waals surface area contributed by atoms with Crippen LogP contribution >= 0.6 is 0 Å². The van der Waals surface area contributed by atoms with Gasteiger partial charge in [0, 0.05) is 6.61 Å². The number of ether oxygens (including phenoxy) is 1. The molecule has 1 fully saturated rings. The third-order valence-electron chi connectivity index (χ3n) is 4.25. The van der Waals surface area contributed by atoms with E-state index in [1.807, 2.05) is 13.0 Å². The van der Waals surface area contributed by atoms with Crippen LogP contribution < -0.4 is 5.32 Å². The van der Waals surface area contributed by atoms with Gasteiger partial charge in [0.2, 0.25) is 0 Å². The number of aryl methyl sites for hydroxylation is 1. The highest BCUT2D eigenvalue weighted by Gasteiger charge is 2.38. The Morgan fingerprint density at radius 1 is 1.40 bits per heavy atom. The summed E-state index contributed by atoms with van der Waals surface area (Å²) in [5.41, 5.74) is 1.95. The van der Waals surface area contributed by atoms with Gasteiger partial charge in [-0.2, -0.15) is 0 Å². The third-order valence-corrected chi connectivity index (χ3v) is 4.25. The Labute approximate surface area is 121 Å². The Balaban J connectivity index is 2.30. The fourth-order valence-corrected chi connectivity index (χ4v) is 3.09. The molecule has 2 unspecified atom stereocenters. The van der Waals surface area contributed by atoms with Gasteiger partial charge < -0.3 is 10.1 Å². The zero-order valence-electron chi connectivity index (χ0n) is 12.8. The molecule has 2 atom stereocenters. The van der Waals surface area contributed by atoms with Crippen molar-refractivity contribution in [3.05, 3.63) is 35.1 Å². The molecule has 112 valence electrons. The molecule has 1 N–H and O–H groups in total. The van der Waals surface area contributed by atoms with Gasteiger partial charge in [0.05, 0.1) is 11.6 Å². The van der Waals surface area contributed by atoms with Crippen molar-refractivity contribution in [1.82, 2.24) is 5.32 Å². The zero-order chi connectivity index (χ0) is 14.6. The lowest BCUT2D eigenvalue weighted by Gasteiger charge is -2.42. The molecule has 1 aliphatic heterocycles. The van der Waals surface area contributed by atoms with E-state index in [0.29, 0.717) is 0 Å². The molecule has 0 aliphatic carbocycles. The van der Waals surface area contributed by atoms with Gasteiger partial charge in [-0.3, -0.25) is 0 Å². The van der Waals surface area contributed by atoms with Crippen LogP contribution in [0.15, 0.2) is 18.2 Å². The van der Waals surface area contributed by atoms with Crippen LogP contribution in [-0.2, 0) is 4.74 Å². The zero-order valence-corrected chi connectivity index (χ0v) is 12.8. The minimum Gasteiger partial charge on any atom is -0.373 e. The first-order valence-corrected chi connectivity index (χ1v) is 7.70. The average Bonchev–Trinajstić information content (AvgIpc) is 2.42. The van der Waals surface area contributed by atoms with E-state index >= 15 is 0 Å². The number of nitrogens with one attached hydrogen (secondary N) is 1. The monoisotopic (exact) mass is 279 g/mol. The maximum atomic E-state index is 13.3. The first-order valence-electron chi connectivity index (χ1n) is 7.70. The smallest absolute Gasteiger partial charge is 0.123 e. The lowest BCUT2D eigenvalue weighted by molar-refractivity contribution is -0.0899. The average molecular weight is 279 g/mol. The minimum absolute atomic E-state index is 0.128. The number of rotatable bonds is 5. The van der Waals surface area contributed by atoms with E-state index in [0.717, 1.165) is 43.5 Å². The molecular weight excluding hydrogens is 253 g/mol. The lowest BCUT2D eigenvalue weighted by atomic mass is 9.82. The highest BCUT2D eigenvalue weighted by molar-refractivity contribution is 5.31. The van der Waals surface area contributed by atoms with Crippen molar-refractivity contribution in [1.29, 1.82) is 0 Å². The quantitative estimate of drug-likeness (QED) is 0.875. The molecule has 2 rings (SSSR count). The van der Waals surface area contributed by atoms with Gasteiger partial charge in [0.25, 0.3) is 0 Å². The van der Waals surface area contributed by atoms with Crippen LogP contribution in [0.3, 0.4) is 0 Å². The van der Waals surface area contributed by atoms with Crippen molar-refractivity contribution < 1.29 is 9.13 Å². The normalized spacial score (nSPS) is 24.6. The molecule has 0 aromatic heterocycles. The molecule has 1 aromatic carbocycles. The second-order valence-electron chi connectivity index (χ2n) is 6.01. The summed E-state index contributed by atoms with van der Waals surface area (Å²) in [6.45, 7) is 8.08. The number of hydrogen-bond acceptors (Lipinski definition) is 2. The van der Waals surface area contributed by atoms with Gasteiger partial charge in [-0.05, 0) is 69.3 Å². The predicted molar refractivity (Wildman–Crippen MR) is 80.4 cm³/mol. The van der Waals surface area contributed by atoms with E-state index in [1.165, 1.54) is 6.42 Å². The number of hydrogen-bond donors (Lipinski definition) is 1. The van der Waals surface area contributed by atoms with E-state index in [2.05, 4.69) is 19.2 Å². The molecule has 1 aliphatic rings. The van der Waals surface area contributed by atoms with Crippen molar-refractivity contribution in [2.24, 2.45) is 0 Å². The molecule has 1 heterocycles. The van der Waals surface area contributed by atoms with Crippen molar-refractivity contribution >= 4 is 0 Å². The summed E-state index contributed by atoms with van der Waals surface area (Å²) >= 11 is 0. The Kier molecular flexibility index (Phi) is 5.17. The first kappa shape index (κ1) is 15.5. The van der Waals surface area contributed by atoms with Crippen LogP contribution in [0.1, 0.15) is 56.7 Å². The van der Waals surface area contributed by atoms with Crippen LogP contribution in [0.5, 0.6) is 0 Å². The molecule has 0 saturated carbocycles. The van der Waals surface area contributed by atoms with Gasteiger partial charge in [-0.1, -0.05) is 13.0 Å². The fourth-order valence-electron chi connectivity index (χ4n) is 3.09. The molecule has 20 heavy (non-hydrogen) atoms. The van der Waals surface area contributed by atoms with Crippen molar-refractivity contribution in [2.75, 3.05) is 13.2 Å². The molecule has 0 amide bonds. The second-order valence-corrected chi connectivity index (χ2v) is 6.01. The van der Waals surface area contributed by atoms with Crippen molar-refractivity contribution in [2.45, 2.75) is 58.1 Å². The SMILES string of the molecule is CCCNC(c1ccc(F)cc1C)C1(C)CCCCO1. The highest BCUT2D eigenvalue weighted by Crippen LogP contribution is 2.37. The predicted octanol–water partition coefficient (Wildman–Crippen LogP) is 4.13. The van der Waals surface area contributed by atoms with E-state index in [-0.39, 0.29) is 17.5 Å². The Morgan fingerprint density at radius 2 is 2.20 bits per heavy atom. The number of benzene rings is 1. The van der Waals surface area contributed by atoms with Crippen LogP contribution in [0, 0.1) is 12.7 Å². The van der Waals surface area contributed by atoms with E-state index in [1.54, 1.807) is 12.1 Å². The molecule has 2 nitrogen and oxygen atoms in total. The Hall–Kier alpha value is -0.930. The molecule has 0 bridgehead atoms. The fraction of sp³-hybridized carbons (Fsp3) is 0.647. The maximum Gasteiger partial charge on any atom is 0.123 e. The van der Waals surface area contributed by atoms with Crippen LogP contribution in [0.25, 0.3) is 0 Å². The molecule has 1 saturated heterocycles. The molecule has 0 radical (unpaired) electrons. The minimum atomic E-state index is -0.198. The molecule has 0 spiro atoms. The molecule has 1 aromatic rings. The van der Waals surface area contributed by atoms with Gasteiger partial charge in [0.1, 0.15) is 5.82 Å². The highest BCUT2D eigenvalue weighted by atomic mass is 19.1. The van der Waals surface area contributed by atoms with E-state index < -0.39 is 0 Å². The van der Waals surface area contributed by atoms with Crippen LogP contribution in [0.4, 0.5) is 4.39 Å². The van der Waals surface area contributed by atoms with Gasteiger partial charge in [0.15, 0.2) is 0 Å². The Bertz CT molecular complexity index is 441. The second kappa shape index (κ2) is 6.68.